The van der Waals surface area contributed by atoms with E-state index in [9.17, 15) is 9.59 Å². The fraction of sp³-hybridized carbons (Fsp3) is 0.286. The Bertz CT molecular complexity index is 462. The van der Waals surface area contributed by atoms with Crippen molar-refractivity contribution in [2.24, 2.45) is 0 Å². The van der Waals surface area contributed by atoms with Gasteiger partial charge < -0.3 is 15.4 Å². The summed E-state index contributed by atoms with van der Waals surface area (Å²) in [5.41, 5.74) is -0.940. The van der Waals surface area contributed by atoms with Crippen LogP contribution in [0.15, 0.2) is 11.0 Å². The summed E-state index contributed by atoms with van der Waals surface area (Å²) in [6.07, 6.45) is 1.10. The highest BCUT2D eigenvalue weighted by atomic mass is 32.1. The Morgan fingerprint density at radius 2 is 2.43 bits per heavy atom. The second kappa shape index (κ2) is 4.16. The number of carboxylic acid groups (broad SMARTS) is 1. The van der Waals surface area contributed by atoms with E-state index in [4.69, 9.17) is 17.3 Å². The second-order valence-electron chi connectivity index (χ2n) is 2.56. The van der Waals surface area contributed by atoms with Crippen molar-refractivity contribution in [3.63, 3.8) is 0 Å². The Hall–Kier alpha value is -1.47. The zero-order valence-corrected chi connectivity index (χ0v) is 8.22. The molecule has 76 valence electrons. The van der Waals surface area contributed by atoms with Gasteiger partial charge >= 0.3 is 5.97 Å². The van der Waals surface area contributed by atoms with Crippen molar-refractivity contribution in [2.75, 3.05) is 7.05 Å². The molecule has 6 nitrogen and oxygen atoms in total. The first-order valence-corrected chi connectivity index (χ1v) is 4.19. The van der Waals surface area contributed by atoms with E-state index < -0.39 is 11.5 Å². The maximum atomic E-state index is 11.5. The second-order valence-corrected chi connectivity index (χ2v) is 2.94. The topological polar surface area (TPSA) is 87.1 Å². The highest BCUT2D eigenvalue weighted by Gasteiger charge is 2.10. The van der Waals surface area contributed by atoms with Crippen LogP contribution in [0.2, 0.25) is 0 Å². The van der Waals surface area contributed by atoms with Gasteiger partial charge in [-0.2, -0.15) is 0 Å². The molecule has 0 saturated carbocycles. The first kappa shape index (κ1) is 10.6. The third-order valence-corrected chi connectivity index (χ3v) is 1.95. The molecular formula is C7H9N3O3S. The van der Waals surface area contributed by atoms with Crippen LogP contribution in [0.4, 0.5) is 0 Å². The van der Waals surface area contributed by atoms with E-state index in [2.05, 4.69) is 10.3 Å². The molecule has 7 heteroatoms. The maximum absolute atomic E-state index is 11.5. The number of aromatic amines is 1. The zero-order valence-electron chi connectivity index (χ0n) is 7.40. The van der Waals surface area contributed by atoms with E-state index in [1.807, 2.05) is 0 Å². The van der Waals surface area contributed by atoms with Crippen molar-refractivity contribution in [1.82, 2.24) is 14.9 Å². The lowest BCUT2D eigenvalue weighted by Gasteiger charge is -2.04. The van der Waals surface area contributed by atoms with Crippen LogP contribution < -0.4 is 10.9 Å². The molecular weight excluding hydrogens is 206 g/mol. The standard InChI is InChI=1S/C7H9N3O3S/c1-8-3-10-5(11)4(6(12)13)2-9-7(10)14/h2,8H,3H2,1H3,(H,9,14)(H,12,13). The number of aromatic nitrogens is 2. The summed E-state index contributed by atoms with van der Waals surface area (Å²) < 4.78 is 1.33. The van der Waals surface area contributed by atoms with Crippen LogP contribution in [0.3, 0.4) is 0 Å². The van der Waals surface area contributed by atoms with Gasteiger partial charge in [0.05, 0.1) is 6.67 Å². The van der Waals surface area contributed by atoms with Gasteiger partial charge in [0.25, 0.3) is 5.56 Å². The minimum absolute atomic E-state index is 0.176. The predicted molar refractivity (Wildman–Crippen MR) is 51.9 cm³/mol. The molecule has 0 saturated heterocycles. The van der Waals surface area contributed by atoms with Crippen LogP contribution >= 0.6 is 12.2 Å². The van der Waals surface area contributed by atoms with E-state index in [0.717, 1.165) is 10.8 Å². The van der Waals surface area contributed by atoms with E-state index in [0.29, 0.717) is 0 Å². The molecule has 0 aromatic carbocycles. The highest BCUT2D eigenvalue weighted by molar-refractivity contribution is 7.71. The van der Waals surface area contributed by atoms with E-state index in [-0.39, 0.29) is 17.0 Å². The fourth-order valence-electron chi connectivity index (χ4n) is 0.966. The minimum atomic E-state index is -1.27. The molecule has 1 aromatic rings. The average Bonchev–Trinajstić information content (AvgIpc) is 2.11. The number of carboxylic acids is 1. The quantitative estimate of drug-likeness (QED) is 0.607. The summed E-state index contributed by atoms with van der Waals surface area (Å²) in [7, 11) is 1.63. The summed E-state index contributed by atoms with van der Waals surface area (Å²) in [6.45, 7) is 0.176. The smallest absolute Gasteiger partial charge is 0.342 e. The Kier molecular flexibility index (Phi) is 3.15. The van der Waals surface area contributed by atoms with E-state index in [1.165, 1.54) is 0 Å². The lowest BCUT2D eigenvalue weighted by Crippen LogP contribution is -2.31. The first-order chi connectivity index (χ1) is 6.57. The minimum Gasteiger partial charge on any atom is -0.477 e. The van der Waals surface area contributed by atoms with E-state index >= 15 is 0 Å². The number of hydrogen-bond donors (Lipinski definition) is 3. The van der Waals surface area contributed by atoms with Crippen LogP contribution in [0.25, 0.3) is 0 Å². The molecule has 1 heterocycles. The maximum Gasteiger partial charge on any atom is 0.342 e. The largest absolute Gasteiger partial charge is 0.477 e. The fourth-order valence-corrected chi connectivity index (χ4v) is 1.17. The van der Waals surface area contributed by atoms with Gasteiger partial charge in [0.2, 0.25) is 0 Å². The number of nitrogens with zero attached hydrogens (tertiary/aromatic N) is 1. The van der Waals surface area contributed by atoms with Crippen molar-refractivity contribution in [3.8, 4) is 0 Å². The first-order valence-electron chi connectivity index (χ1n) is 3.78. The molecule has 0 aliphatic carbocycles. The summed E-state index contributed by atoms with van der Waals surface area (Å²) >= 11 is 4.83. The summed E-state index contributed by atoms with van der Waals surface area (Å²) in [5.74, 6) is -1.27. The number of hydrogen-bond acceptors (Lipinski definition) is 4. The van der Waals surface area contributed by atoms with Gasteiger partial charge in [0.1, 0.15) is 5.56 Å². The molecule has 3 N–H and O–H groups in total. The van der Waals surface area contributed by atoms with Gasteiger partial charge in [-0.05, 0) is 19.3 Å². The lowest BCUT2D eigenvalue weighted by atomic mass is 10.3. The van der Waals surface area contributed by atoms with Crippen molar-refractivity contribution in [2.45, 2.75) is 6.67 Å². The van der Waals surface area contributed by atoms with Crippen LogP contribution in [-0.2, 0) is 6.67 Å². The van der Waals surface area contributed by atoms with Crippen LogP contribution in [0.1, 0.15) is 10.4 Å². The number of aromatic carboxylic acids is 1. The van der Waals surface area contributed by atoms with Gasteiger partial charge in [-0.15, -0.1) is 0 Å². The van der Waals surface area contributed by atoms with Crippen molar-refractivity contribution >= 4 is 18.2 Å². The van der Waals surface area contributed by atoms with Crippen LogP contribution in [0.5, 0.6) is 0 Å². The normalized spacial score (nSPS) is 10.1. The summed E-state index contributed by atoms with van der Waals surface area (Å²) in [5, 5.41) is 11.4. The summed E-state index contributed by atoms with van der Waals surface area (Å²) in [6, 6.07) is 0. The van der Waals surface area contributed by atoms with Gasteiger partial charge in [0.15, 0.2) is 4.77 Å². The molecule has 0 spiro atoms. The predicted octanol–water partition coefficient (Wildman–Crippen LogP) is -0.219. The number of carbonyl (C=O) groups is 1. The van der Waals surface area contributed by atoms with Gasteiger partial charge in [0, 0.05) is 6.20 Å². The molecule has 1 aromatic heterocycles. The molecule has 0 radical (unpaired) electrons. The van der Waals surface area contributed by atoms with Crippen molar-refractivity contribution in [1.29, 1.82) is 0 Å². The summed E-state index contributed by atoms with van der Waals surface area (Å²) in [4.78, 5) is 24.6. The number of H-pyrrole nitrogens is 1. The molecule has 1 rings (SSSR count). The molecule has 0 fully saturated rings. The number of nitrogens with one attached hydrogen (secondary N) is 2. The van der Waals surface area contributed by atoms with Crippen molar-refractivity contribution in [3.05, 3.63) is 26.9 Å². The van der Waals surface area contributed by atoms with Gasteiger partial charge in [-0.3, -0.25) is 9.36 Å². The average molecular weight is 215 g/mol. The molecule has 14 heavy (non-hydrogen) atoms. The van der Waals surface area contributed by atoms with Crippen LogP contribution in [-0.4, -0.2) is 27.7 Å². The zero-order chi connectivity index (χ0) is 10.7. The Morgan fingerprint density at radius 1 is 1.79 bits per heavy atom. The molecule has 0 bridgehead atoms. The molecule has 0 unspecified atom stereocenters. The Balaban J connectivity index is 3.42. The highest BCUT2D eigenvalue weighted by Crippen LogP contribution is 1.90. The molecule has 0 aliphatic rings. The van der Waals surface area contributed by atoms with Crippen molar-refractivity contribution < 1.29 is 9.90 Å². The SMILES string of the molecule is CNCn1c(=S)[nH]cc(C(=O)O)c1=O. The monoisotopic (exact) mass is 215 g/mol. The van der Waals surface area contributed by atoms with Crippen LogP contribution in [0, 0.1) is 4.77 Å². The third-order valence-electron chi connectivity index (χ3n) is 1.61. The number of rotatable bonds is 3. The Morgan fingerprint density at radius 3 is 2.93 bits per heavy atom. The molecule has 0 atom stereocenters. The van der Waals surface area contributed by atoms with E-state index in [1.54, 1.807) is 7.05 Å². The third kappa shape index (κ3) is 1.88. The lowest BCUT2D eigenvalue weighted by molar-refractivity contribution is 0.0693. The molecule has 0 amide bonds. The van der Waals surface area contributed by atoms with Gasteiger partial charge in [-0.25, -0.2) is 4.79 Å². The Labute approximate surface area is 84.2 Å². The van der Waals surface area contributed by atoms with Gasteiger partial charge in [-0.1, -0.05) is 0 Å². The molecule has 0 aliphatic heterocycles.